The zero-order chi connectivity index (χ0) is 22.0. The van der Waals surface area contributed by atoms with E-state index >= 15 is 0 Å². The van der Waals surface area contributed by atoms with E-state index in [1.807, 2.05) is 42.6 Å². The van der Waals surface area contributed by atoms with Crippen molar-refractivity contribution in [2.24, 2.45) is 0 Å². The van der Waals surface area contributed by atoms with Gasteiger partial charge in [-0.3, -0.25) is 0 Å². The third kappa shape index (κ3) is 4.39. The lowest BCUT2D eigenvalue weighted by molar-refractivity contribution is 0.384. The van der Waals surface area contributed by atoms with E-state index in [-0.39, 0.29) is 0 Å². The average Bonchev–Trinajstić information content (AvgIpc) is 3.29. The van der Waals surface area contributed by atoms with E-state index in [1.165, 1.54) is 0 Å². The van der Waals surface area contributed by atoms with Crippen molar-refractivity contribution in [2.75, 3.05) is 45.3 Å². The molecule has 164 valence electrons. The molecule has 0 saturated carbocycles. The van der Waals surface area contributed by atoms with Gasteiger partial charge >= 0.3 is 0 Å². The lowest BCUT2D eigenvalue weighted by atomic mass is 10.1. The van der Waals surface area contributed by atoms with E-state index in [1.54, 1.807) is 42.0 Å². The number of aromatic nitrogens is 1. The molecule has 0 unspecified atom stereocenters. The second kappa shape index (κ2) is 8.86. The number of piperazine rings is 1. The van der Waals surface area contributed by atoms with Crippen molar-refractivity contribution in [3.05, 3.63) is 53.4 Å². The van der Waals surface area contributed by atoms with E-state index in [4.69, 9.17) is 14.5 Å². The summed E-state index contributed by atoms with van der Waals surface area (Å²) in [5.74, 6) is 1.42. The standard InChI is InChI=1S/C22H25N3O4S2/c1-16-4-7-18(8-5-16)31(26,27)25-12-10-24(11-13-25)22-23-20(15-30-22)19-9-6-17(28-2)14-21(19)29-3/h4-9,14-15H,10-13H2,1-3H3. The van der Waals surface area contributed by atoms with E-state index in [0.717, 1.165) is 27.7 Å². The van der Waals surface area contributed by atoms with E-state index < -0.39 is 10.0 Å². The van der Waals surface area contributed by atoms with Gasteiger partial charge in [0.25, 0.3) is 0 Å². The summed E-state index contributed by atoms with van der Waals surface area (Å²) in [6.45, 7) is 3.99. The summed E-state index contributed by atoms with van der Waals surface area (Å²) in [4.78, 5) is 7.25. The topological polar surface area (TPSA) is 72.0 Å². The maximum atomic E-state index is 12.9. The van der Waals surface area contributed by atoms with Crippen LogP contribution in [0.3, 0.4) is 0 Å². The fraction of sp³-hybridized carbons (Fsp3) is 0.318. The van der Waals surface area contributed by atoms with Crippen molar-refractivity contribution >= 4 is 26.5 Å². The molecule has 9 heteroatoms. The molecule has 0 amide bonds. The smallest absolute Gasteiger partial charge is 0.243 e. The van der Waals surface area contributed by atoms with Crippen LogP contribution in [0.1, 0.15) is 5.56 Å². The summed E-state index contributed by atoms with van der Waals surface area (Å²) in [6, 6.07) is 12.7. The Hall–Kier alpha value is -2.62. The highest BCUT2D eigenvalue weighted by atomic mass is 32.2. The van der Waals surface area contributed by atoms with Gasteiger partial charge in [0.05, 0.1) is 24.8 Å². The summed E-state index contributed by atoms with van der Waals surface area (Å²) < 4.78 is 38.2. The molecule has 2 heterocycles. The van der Waals surface area contributed by atoms with Crippen molar-refractivity contribution in [3.8, 4) is 22.8 Å². The molecule has 1 aliphatic rings. The Morgan fingerprint density at radius 1 is 0.968 bits per heavy atom. The number of thiazole rings is 1. The van der Waals surface area contributed by atoms with Crippen molar-refractivity contribution in [1.82, 2.24) is 9.29 Å². The molecule has 4 rings (SSSR count). The Morgan fingerprint density at radius 3 is 2.32 bits per heavy atom. The summed E-state index contributed by atoms with van der Waals surface area (Å²) in [6.07, 6.45) is 0. The normalized spacial score (nSPS) is 15.1. The molecule has 1 aliphatic heterocycles. The predicted octanol–water partition coefficient (Wildman–Crippen LogP) is 3.65. The van der Waals surface area contributed by atoms with Gasteiger partial charge in [0.1, 0.15) is 11.5 Å². The molecule has 0 radical (unpaired) electrons. The molecular formula is C22H25N3O4S2. The monoisotopic (exact) mass is 459 g/mol. The molecule has 7 nitrogen and oxygen atoms in total. The number of nitrogens with zero attached hydrogens (tertiary/aromatic N) is 3. The minimum Gasteiger partial charge on any atom is -0.497 e. The zero-order valence-corrected chi connectivity index (χ0v) is 19.4. The van der Waals surface area contributed by atoms with Gasteiger partial charge in [-0.15, -0.1) is 11.3 Å². The third-order valence-corrected chi connectivity index (χ3v) is 8.16. The van der Waals surface area contributed by atoms with Gasteiger partial charge in [0, 0.05) is 43.2 Å². The molecule has 0 bridgehead atoms. The molecule has 1 fully saturated rings. The molecule has 1 aromatic heterocycles. The molecule has 0 spiro atoms. The summed E-state index contributed by atoms with van der Waals surface area (Å²) in [7, 11) is -0.233. The van der Waals surface area contributed by atoms with Crippen molar-refractivity contribution in [3.63, 3.8) is 0 Å². The number of sulfonamides is 1. The predicted molar refractivity (Wildman–Crippen MR) is 123 cm³/mol. The first-order valence-electron chi connectivity index (χ1n) is 9.92. The Bertz CT molecular complexity index is 1150. The van der Waals surface area contributed by atoms with E-state index in [2.05, 4.69) is 4.90 Å². The van der Waals surface area contributed by atoms with Crippen molar-refractivity contribution in [2.45, 2.75) is 11.8 Å². The third-order valence-electron chi connectivity index (χ3n) is 5.34. The van der Waals surface area contributed by atoms with Crippen LogP contribution in [0.5, 0.6) is 11.5 Å². The molecule has 0 N–H and O–H groups in total. The maximum absolute atomic E-state index is 12.9. The second-order valence-electron chi connectivity index (χ2n) is 7.29. The Morgan fingerprint density at radius 2 is 1.68 bits per heavy atom. The van der Waals surface area contributed by atoms with Crippen LogP contribution in [0.4, 0.5) is 5.13 Å². The summed E-state index contributed by atoms with van der Waals surface area (Å²) in [5, 5.41) is 2.87. The SMILES string of the molecule is COc1ccc(-c2csc(N3CCN(S(=O)(=O)c4ccc(C)cc4)CC3)n2)c(OC)c1. The molecule has 1 saturated heterocycles. The molecule has 2 aromatic carbocycles. The highest BCUT2D eigenvalue weighted by molar-refractivity contribution is 7.89. The van der Waals surface area contributed by atoms with Gasteiger partial charge in [-0.1, -0.05) is 17.7 Å². The Balaban J connectivity index is 1.47. The first-order chi connectivity index (χ1) is 14.9. The molecule has 0 aliphatic carbocycles. The van der Waals surface area contributed by atoms with E-state index in [9.17, 15) is 8.42 Å². The number of aryl methyl sites for hydroxylation is 1. The quantitative estimate of drug-likeness (QED) is 0.560. The number of rotatable bonds is 6. The van der Waals surface area contributed by atoms with Crippen LogP contribution in [0, 0.1) is 6.92 Å². The van der Waals surface area contributed by atoms with Crippen molar-refractivity contribution in [1.29, 1.82) is 0 Å². The summed E-state index contributed by atoms with van der Waals surface area (Å²) >= 11 is 1.55. The largest absolute Gasteiger partial charge is 0.497 e. The van der Waals surface area contributed by atoms with Gasteiger partial charge in [0.2, 0.25) is 10.0 Å². The fourth-order valence-electron chi connectivity index (χ4n) is 3.52. The minimum atomic E-state index is -3.48. The van der Waals surface area contributed by atoms with Crippen LogP contribution < -0.4 is 14.4 Å². The van der Waals surface area contributed by atoms with Gasteiger partial charge in [-0.05, 0) is 31.2 Å². The number of ether oxygens (including phenoxy) is 2. The second-order valence-corrected chi connectivity index (χ2v) is 10.1. The minimum absolute atomic E-state index is 0.342. The van der Waals surface area contributed by atoms with Crippen LogP contribution in [0.25, 0.3) is 11.3 Å². The molecular weight excluding hydrogens is 434 g/mol. The van der Waals surface area contributed by atoms with E-state index in [0.29, 0.717) is 36.8 Å². The van der Waals surface area contributed by atoms with Crippen LogP contribution in [0.2, 0.25) is 0 Å². The lowest BCUT2D eigenvalue weighted by Gasteiger charge is -2.33. The lowest BCUT2D eigenvalue weighted by Crippen LogP contribution is -2.48. The number of anilines is 1. The average molecular weight is 460 g/mol. The van der Waals surface area contributed by atoms with Crippen molar-refractivity contribution < 1.29 is 17.9 Å². The molecule has 3 aromatic rings. The molecule has 31 heavy (non-hydrogen) atoms. The van der Waals surface area contributed by atoms with Crippen LogP contribution in [-0.4, -0.2) is 58.1 Å². The zero-order valence-electron chi connectivity index (χ0n) is 17.7. The van der Waals surface area contributed by atoms with Gasteiger partial charge in [-0.25, -0.2) is 13.4 Å². The first-order valence-corrected chi connectivity index (χ1v) is 12.2. The van der Waals surface area contributed by atoms with Gasteiger partial charge < -0.3 is 14.4 Å². The van der Waals surface area contributed by atoms with Gasteiger partial charge in [-0.2, -0.15) is 4.31 Å². The fourth-order valence-corrected chi connectivity index (χ4v) is 5.82. The Kier molecular flexibility index (Phi) is 6.17. The maximum Gasteiger partial charge on any atom is 0.243 e. The number of hydrogen-bond acceptors (Lipinski definition) is 7. The number of hydrogen-bond donors (Lipinski definition) is 0. The molecule has 0 atom stereocenters. The Labute approximate surface area is 186 Å². The highest BCUT2D eigenvalue weighted by Crippen LogP contribution is 2.36. The number of benzene rings is 2. The number of methoxy groups -OCH3 is 2. The van der Waals surface area contributed by atoms with Crippen LogP contribution >= 0.6 is 11.3 Å². The summed E-state index contributed by atoms with van der Waals surface area (Å²) in [5.41, 5.74) is 2.76. The van der Waals surface area contributed by atoms with Crippen LogP contribution in [-0.2, 0) is 10.0 Å². The van der Waals surface area contributed by atoms with Gasteiger partial charge in [0.15, 0.2) is 5.13 Å². The van der Waals surface area contributed by atoms with Crippen LogP contribution in [0.15, 0.2) is 52.7 Å². The first kappa shape index (κ1) is 21.6. The highest BCUT2D eigenvalue weighted by Gasteiger charge is 2.29.